The Morgan fingerprint density at radius 1 is 1.19 bits per heavy atom. The van der Waals surface area contributed by atoms with Gasteiger partial charge in [-0.05, 0) is 49.1 Å². The third-order valence-electron chi connectivity index (χ3n) is 5.11. The van der Waals surface area contributed by atoms with E-state index in [9.17, 15) is 14.4 Å². The van der Waals surface area contributed by atoms with Gasteiger partial charge in [0.1, 0.15) is 11.9 Å². The number of urea groups is 1. The number of pyridine rings is 1. The monoisotopic (exact) mass is 426 g/mol. The van der Waals surface area contributed by atoms with Crippen LogP contribution in [0.5, 0.6) is 11.5 Å². The summed E-state index contributed by atoms with van der Waals surface area (Å²) in [5, 5.41) is 5.39. The Balaban J connectivity index is 1.52. The Morgan fingerprint density at radius 3 is 2.68 bits per heavy atom. The van der Waals surface area contributed by atoms with E-state index in [-0.39, 0.29) is 31.2 Å². The highest BCUT2D eigenvalue weighted by molar-refractivity contribution is 6.04. The number of nitrogens with zero attached hydrogens (tertiary/aromatic N) is 2. The average molecular weight is 426 g/mol. The number of aryl methyl sites for hydroxylation is 1. The Morgan fingerprint density at radius 2 is 1.97 bits per heavy atom. The fourth-order valence-corrected chi connectivity index (χ4v) is 3.35. The number of amides is 4. The maximum absolute atomic E-state index is 12.6. The van der Waals surface area contributed by atoms with Crippen LogP contribution < -0.4 is 20.1 Å². The van der Waals surface area contributed by atoms with Gasteiger partial charge in [-0.2, -0.15) is 0 Å². The molecule has 1 fully saturated rings. The van der Waals surface area contributed by atoms with Gasteiger partial charge in [-0.15, -0.1) is 0 Å². The minimum Gasteiger partial charge on any atom is -0.493 e. The van der Waals surface area contributed by atoms with E-state index in [1.54, 1.807) is 32.5 Å². The van der Waals surface area contributed by atoms with Crippen molar-refractivity contribution in [1.82, 2.24) is 15.2 Å². The number of carbonyl (C=O) groups is 3. The number of rotatable bonds is 9. The molecule has 1 aromatic heterocycles. The van der Waals surface area contributed by atoms with E-state index in [0.29, 0.717) is 23.7 Å². The van der Waals surface area contributed by atoms with Gasteiger partial charge in [0.2, 0.25) is 5.91 Å². The predicted octanol–water partition coefficient (Wildman–Crippen LogP) is 2.29. The molecule has 2 N–H and O–H groups in total. The minimum atomic E-state index is -0.714. The van der Waals surface area contributed by atoms with Crippen LogP contribution in [0, 0.1) is 6.92 Å². The molecule has 1 saturated heterocycles. The second-order valence-corrected chi connectivity index (χ2v) is 7.19. The number of hydrogen-bond donors (Lipinski definition) is 2. The van der Waals surface area contributed by atoms with Gasteiger partial charge < -0.3 is 20.1 Å². The van der Waals surface area contributed by atoms with Crippen LogP contribution in [0.25, 0.3) is 0 Å². The van der Waals surface area contributed by atoms with Crippen LogP contribution in [0.3, 0.4) is 0 Å². The van der Waals surface area contributed by atoms with E-state index in [2.05, 4.69) is 15.6 Å². The third kappa shape index (κ3) is 5.30. The number of ether oxygens (including phenoxy) is 2. The molecule has 31 heavy (non-hydrogen) atoms. The smallest absolute Gasteiger partial charge is 0.324 e. The van der Waals surface area contributed by atoms with E-state index in [1.807, 2.05) is 25.1 Å². The van der Waals surface area contributed by atoms with Crippen LogP contribution in [-0.2, 0) is 16.0 Å². The van der Waals surface area contributed by atoms with Crippen molar-refractivity contribution in [3.8, 4) is 11.5 Å². The Labute approximate surface area is 180 Å². The summed E-state index contributed by atoms with van der Waals surface area (Å²) in [7, 11) is 3.11. The van der Waals surface area contributed by atoms with Gasteiger partial charge in [-0.25, -0.2) is 9.78 Å². The molecular formula is C22H26N4O5. The van der Waals surface area contributed by atoms with Crippen molar-refractivity contribution in [2.24, 2.45) is 0 Å². The topological polar surface area (TPSA) is 110 Å². The third-order valence-corrected chi connectivity index (χ3v) is 5.11. The molecule has 9 heteroatoms. The summed E-state index contributed by atoms with van der Waals surface area (Å²) in [4.78, 5) is 42.4. The second-order valence-electron chi connectivity index (χ2n) is 7.19. The summed E-state index contributed by atoms with van der Waals surface area (Å²) in [5.41, 5.74) is 1.76. The molecule has 4 amide bonds. The van der Waals surface area contributed by atoms with E-state index < -0.39 is 12.1 Å². The van der Waals surface area contributed by atoms with Crippen LogP contribution in [0.2, 0.25) is 0 Å². The SMILES string of the molecule is COc1ccc(CCN2C(=O)NC(CCC(=O)Nc3ncccc3C)C2=O)cc1OC. The standard InChI is InChI=1S/C22H26N4O5/c1-14-5-4-11-23-20(14)25-19(27)9-7-16-21(28)26(22(29)24-16)12-10-15-6-8-17(30-2)18(13-15)31-3/h4-6,8,11,13,16H,7,9-10,12H2,1-3H3,(H,24,29)(H,23,25,27). The van der Waals surface area contributed by atoms with Gasteiger partial charge >= 0.3 is 6.03 Å². The van der Waals surface area contributed by atoms with Crippen molar-refractivity contribution in [2.75, 3.05) is 26.1 Å². The summed E-state index contributed by atoms with van der Waals surface area (Å²) in [5.74, 6) is 1.11. The lowest BCUT2D eigenvalue weighted by Gasteiger charge is -2.14. The number of hydrogen-bond acceptors (Lipinski definition) is 6. The maximum atomic E-state index is 12.6. The molecule has 1 aliphatic heterocycles. The predicted molar refractivity (Wildman–Crippen MR) is 114 cm³/mol. The maximum Gasteiger partial charge on any atom is 0.324 e. The molecule has 0 spiro atoms. The highest BCUT2D eigenvalue weighted by Gasteiger charge is 2.37. The highest BCUT2D eigenvalue weighted by Crippen LogP contribution is 2.28. The molecule has 3 rings (SSSR count). The first kappa shape index (κ1) is 22.1. The molecule has 1 aliphatic rings. The number of carbonyl (C=O) groups excluding carboxylic acids is 3. The first-order valence-corrected chi connectivity index (χ1v) is 9.97. The van der Waals surface area contributed by atoms with Gasteiger partial charge in [-0.3, -0.25) is 14.5 Å². The number of aromatic nitrogens is 1. The Kier molecular flexibility index (Phi) is 7.07. The van der Waals surface area contributed by atoms with E-state index in [0.717, 1.165) is 11.1 Å². The lowest BCUT2D eigenvalue weighted by molar-refractivity contribution is -0.127. The largest absolute Gasteiger partial charge is 0.493 e. The zero-order valence-electron chi connectivity index (χ0n) is 17.8. The van der Waals surface area contributed by atoms with E-state index in [1.165, 1.54) is 4.90 Å². The first-order valence-electron chi connectivity index (χ1n) is 9.97. The highest BCUT2D eigenvalue weighted by atomic mass is 16.5. The zero-order valence-corrected chi connectivity index (χ0v) is 17.8. The molecule has 1 unspecified atom stereocenters. The number of methoxy groups -OCH3 is 2. The van der Waals surface area contributed by atoms with Gasteiger partial charge in [0.15, 0.2) is 11.5 Å². The zero-order chi connectivity index (χ0) is 22.4. The van der Waals surface area contributed by atoms with Gasteiger partial charge in [0, 0.05) is 19.2 Å². The van der Waals surface area contributed by atoms with Crippen molar-refractivity contribution in [1.29, 1.82) is 0 Å². The summed E-state index contributed by atoms with van der Waals surface area (Å²) in [6.07, 6.45) is 2.39. The second kappa shape index (κ2) is 9.92. The first-order chi connectivity index (χ1) is 14.9. The number of imide groups is 1. The van der Waals surface area contributed by atoms with Crippen LogP contribution in [0.15, 0.2) is 36.5 Å². The lowest BCUT2D eigenvalue weighted by atomic mass is 10.1. The number of nitrogens with one attached hydrogen (secondary N) is 2. The normalized spacial score (nSPS) is 15.6. The fourth-order valence-electron chi connectivity index (χ4n) is 3.35. The number of benzene rings is 1. The van der Waals surface area contributed by atoms with Crippen molar-refractivity contribution >= 4 is 23.7 Å². The summed E-state index contributed by atoms with van der Waals surface area (Å²) < 4.78 is 10.5. The van der Waals surface area contributed by atoms with E-state index in [4.69, 9.17) is 9.47 Å². The molecule has 2 heterocycles. The molecule has 0 aliphatic carbocycles. The molecule has 2 aromatic rings. The summed E-state index contributed by atoms with van der Waals surface area (Å²) in [6, 6.07) is 7.93. The lowest BCUT2D eigenvalue weighted by Crippen LogP contribution is -2.33. The van der Waals surface area contributed by atoms with Gasteiger partial charge in [-0.1, -0.05) is 12.1 Å². The van der Waals surface area contributed by atoms with Gasteiger partial charge in [0.25, 0.3) is 5.91 Å². The summed E-state index contributed by atoms with van der Waals surface area (Å²) >= 11 is 0. The van der Waals surface area contributed by atoms with Crippen LogP contribution >= 0.6 is 0 Å². The van der Waals surface area contributed by atoms with Gasteiger partial charge in [0.05, 0.1) is 14.2 Å². The van der Waals surface area contributed by atoms with Crippen molar-refractivity contribution in [3.63, 3.8) is 0 Å². The Bertz CT molecular complexity index is 978. The molecule has 9 nitrogen and oxygen atoms in total. The molecule has 1 aromatic carbocycles. The molecule has 0 saturated carbocycles. The molecular weight excluding hydrogens is 400 g/mol. The van der Waals surface area contributed by atoms with E-state index >= 15 is 0 Å². The van der Waals surface area contributed by atoms with Crippen LogP contribution in [-0.4, -0.2) is 54.5 Å². The quantitative estimate of drug-likeness (QED) is 0.596. The Hall–Kier alpha value is -3.62. The van der Waals surface area contributed by atoms with Crippen molar-refractivity contribution in [3.05, 3.63) is 47.7 Å². The minimum absolute atomic E-state index is 0.0935. The van der Waals surface area contributed by atoms with Crippen LogP contribution in [0.4, 0.5) is 10.6 Å². The molecule has 0 bridgehead atoms. The average Bonchev–Trinajstić information content (AvgIpc) is 3.04. The fraction of sp³-hybridized carbons (Fsp3) is 0.364. The van der Waals surface area contributed by atoms with Crippen molar-refractivity contribution < 1.29 is 23.9 Å². The van der Waals surface area contributed by atoms with Crippen LogP contribution in [0.1, 0.15) is 24.0 Å². The molecule has 164 valence electrons. The van der Waals surface area contributed by atoms with Crippen molar-refractivity contribution in [2.45, 2.75) is 32.2 Å². The summed E-state index contributed by atoms with van der Waals surface area (Å²) in [6.45, 7) is 2.08. The molecule has 0 radical (unpaired) electrons. The molecule has 1 atom stereocenters. The number of anilines is 1.